The lowest BCUT2D eigenvalue weighted by Gasteiger charge is -2.32. The van der Waals surface area contributed by atoms with Gasteiger partial charge in [-0.05, 0) is 89.4 Å². The van der Waals surface area contributed by atoms with Gasteiger partial charge in [0.15, 0.2) is 0 Å². The van der Waals surface area contributed by atoms with Gasteiger partial charge in [0.2, 0.25) is 0 Å². The van der Waals surface area contributed by atoms with Crippen LogP contribution >= 0.6 is 0 Å². The zero-order valence-electron chi connectivity index (χ0n) is 26.4. The van der Waals surface area contributed by atoms with Gasteiger partial charge in [0.1, 0.15) is 0 Å². The molecule has 1 aliphatic carbocycles. The number of anilines is 2. The lowest BCUT2D eigenvalue weighted by Crippen LogP contribution is -2.19. The molecule has 4 aromatic rings. The van der Waals surface area contributed by atoms with E-state index in [2.05, 4.69) is 169 Å². The van der Waals surface area contributed by atoms with Crippen LogP contribution in [0.1, 0.15) is 72.4 Å². The van der Waals surface area contributed by atoms with E-state index in [9.17, 15) is 0 Å². The third kappa shape index (κ3) is 5.41. The first-order chi connectivity index (χ1) is 20.3. The summed E-state index contributed by atoms with van der Waals surface area (Å²) in [5.74, 6) is 0.530. The van der Waals surface area contributed by atoms with E-state index >= 15 is 0 Å². The second-order valence-corrected chi connectivity index (χ2v) is 12.1. The molecule has 0 amide bonds. The third-order valence-electron chi connectivity index (χ3n) is 8.94. The molecule has 0 spiro atoms. The molecule has 0 saturated carbocycles. The van der Waals surface area contributed by atoms with Gasteiger partial charge in [0.05, 0.1) is 5.69 Å². The van der Waals surface area contributed by atoms with Crippen LogP contribution in [0, 0.1) is 5.92 Å². The van der Waals surface area contributed by atoms with Crippen LogP contribution < -0.4 is 4.90 Å². The molecule has 4 aromatic carbocycles. The lowest BCUT2D eigenvalue weighted by molar-refractivity contribution is 0.660. The lowest BCUT2D eigenvalue weighted by atomic mass is 9.82. The molecule has 1 atom stereocenters. The third-order valence-corrected chi connectivity index (χ3v) is 8.94. The van der Waals surface area contributed by atoms with Gasteiger partial charge in [0.25, 0.3) is 0 Å². The van der Waals surface area contributed by atoms with Crippen molar-refractivity contribution >= 4 is 11.4 Å². The number of fused-ring (bicyclic) bond motifs is 3. The first-order valence-corrected chi connectivity index (χ1v) is 15.5. The van der Waals surface area contributed by atoms with Crippen molar-refractivity contribution in [1.82, 2.24) is 0 Å². The molecule has 1 aliphatic rings. The van der Waals surface area contributed by atoms with Gasteiger partial charge in [-0.3, -0.25) is 0 Å². The van der Waals surface area contributed by atoms with Crippen LogP contribution in [0.4, 0.5) is 11.4 Å². The largest absolute Gasteiger partial charge is 0.310 e. The highest BCUT2D eigenvalue weighted by molar-refractivity contribution is 5.89. The highest BCUT2D eigenvalue weighted by Gasteiger charge is 2.35. The van der Waals surface area contributed by atoms with Gasteiger partial charge in [-0.15, -0.1) is 0 Å². The molecular formula is C41H45N. The molecule has 0 bridgehead atoms. The molecule has 1 unspecified atom stereocenters. The van der Waals surface area contributed by atoms with E-state index in [0.29, 0.717) is 5.92 Å². The average Bonchev–Trinajstić information content (AvgIpc) is 3.24. The molecule has 1 nitrogen and oxygen atoms in total. The second kappa shape index (κ2) is 12.4. The van der Waals surface area contributed by atoms with Crippen molar-refractivity contribution in [2.45, 2.75) is 66.7 Å². The van der Waals surface area contributed by atoms with Crippen molar-refractivity contribution in [3.05, 3.63) is 143 Å². The first kappa shape index (κ1) is 29.4. The summed E-state index contributed by atoms with van der Waals surface area (Å²) < 4.78 is 0. The number of hydrogen-bond donors (Lipinski definition) is 0. The minimum atomic E-state index is -0.0244. The zero-order valence-corrected chi connectivity index (χ0v) is 26.4. The standard InChI is InChI=1S/C41H45N/c1-8-18-39(33(10-3)30(5)27-29(4)9-2)42(40-24-17-15-21-34(40)31-19-12-11-13-20-31)32-25-26-38-36(28-32)35-22-14-16-23-37(35)41(38,6)7/h8,11-29H,9-10H2,1-7H3/b18-8-,30-27+,39-33-. The Morgan fingerprint density at radius 1 is 0.786 bits per heavy atom. The number of benzene rings is 4. The van der Waals surface area contributed by atoms with Gasteiger partial charge in [-0.2, -0.15) is 0 Å². The molecule has 1 heteroatoms. The minimum Gasteiger partial charge on any atom is -0.310 e. The molecule has 0 aliphatic heterocycles. The molecule has 0 saturated heterocycles. The smallest absolute Gasteiger partial charge is 0.0540 e. The van der Waals surface area contributed by atoms with Gasteiger partial charge < -0.3 is 4.90 Å². The monoisotopic (exact) mass is 551 g/mol. The van der Waals surface area contributed by atoms with Crippen molar-refractivity contribution < 1.29 is 0 Å². The van der Waals surface area contributed by atoms with Crippen molar-refractivity contribution in [3.8, 4) is 22.3 Å². The Bertz CT molecular complexity index is 1650. The van der Waals surface area contributed by atoms with Gasteiger partial charge in [0, 0.05) is 22.4 Å². The Kier molecular flexibility index (Phi) is 8.69. The summed E-state index contributed by atoms with van der Waals surface area (Å²) in [6.45, 7) is 16.0. The maximum Gasteiger partial charge on any atom is 0.0540 e. The molecule has 0 radical (unpaired) electrons. The Balaban J connectivity index is 1.83. The van der Waals surface area contributed by atoms with Crippen LogP contribution in [-0.2, 0) is 5.41 Å². The molecule has 0 aromatic heterocycles. The molecule has 0 N–H and O–H groups in total. The van der Waals surface area contributed by atoms with Crippen molar-refractivity contribution in [3.63, 3.8) is 0 Å². The van der Waals surface area contributed by atoms with Crippen molar-refractivity contribution in [2.75, 3.05) is 4.90 Å². The quantitative estimate of drug-likeness (QED) is 0.187. The molecule has 5 rings (SSSR count). The molecule has 0 fully saturated rings. The average molecular weight is 552 g/mol. The van der Waals surface area contributed by atoms with Crippen molar-refractivity contribution in [2.24, 2.45) is 5.92 Å². The van der Waals surface area contributed by atoms with E-state index < -0.39 is 0 Å². The summed E-state index contributed by atoms with van der Waals surface area (Å²) in [5, 5.41) is 0. The molecular weight excluding hydrogens is 506 g/mol. The van der Waals surface area contributed by atoms with Gasteiger partial charge in [-0.1, -0.05) is 132 Å². The van der Waals surface area contributed by atoms with Crippen LogP contribution in [0.3, 0.4) is 0 Å². The number of nitrogens with zero attached hydrogens (tertiary/aromatic N) is 1. The number of rotatable bonds is 9. The van der Waals surface area contributed by atoms with E-state index in [0.717, 1.165) is 12.8 Å². The van der Waals surface area contributed by atoms with Gasteiger partial charge in [-0.25, -0.2) is 0 Å². The summed E-state index contributed by atoms with van der Waals surface area (Å²) in [4.78, 5) is 2.50. The Hall–Kier alpha value is -4.10. The summed E-state index contributed by atoms with van der Waals surface area (Å²) in [6, 6.07) is 35.7. The topological polar surface area (TPSA) is 3.24 Å². The number of hydrogen-bond acceptors (Lipinski definition) is 1. The minimum absolute atomic E-state index is 0.0244. The molecule has 0 heterocycles. The van der Waals surface area contributed by atoms with Crippen LogP contribution in [0.2, 0.25) is 0 Å². The SMILES string of the molecule is C\C=C/C(=C(CC)/C(C)=C/C(C)CC)N(c1ccc2c(c1)-c1ccccc1C2(C)C)c1ccccc1-c1ccccc1. The highest BCUT2D eigenvalue weighted by Crippen LogP contribution is 2.51. The fraction of sp³-hybridized carbons (Fsp3) is 0.268. The maximum absolute atomic E-state index is 2.50. The highest BCUT2D eigenvalue weighted by atomic mass is 15.2. The predicted molar refractivity (Wildman–Crippen MR) is 183 cm³/mol. The second-order valence-electron chi connectivity index (χ2n) is 12.1. The van der Waals surface area contributed by atoms with E-state index in [1.54, 1.807) is 0 Å². The predicted octanol–water partition coefficient (Wildman–Crippen LogP) is 12.0. The van der Waals surface area contributed by atoms with E-state index in [-0.39, 0.29) is 5.41 Å². The summed E-state index contributed by atoms with van der Waals surface area (Å²) >= 11 is 0. The fourth-order valence-corrected chi connectivity index (χ4v) is 6.56. The van der Waals surface area contributed by atoms with Crippen LogP contribution in [0.25, 0.3) is 22.3 Å². The zero-order chi connectivity index (χ0) is 29.9. The van der Waals surface area contributed by atoms with Crippen LogP contribution in [0.5, 0.6) is 0 Å². The van der Waals surface area contributed by atoms with Crippen molar-refractivity contribution in [1.29, 1.82) is 0 Å². The fourth-order valence-electron chi connectivity index (χ4n) is 6.56. The Morgan fingerprint density at radius 3 is 2.12 bits per heavy atom. The number of para-hydroxylation sites is 1. The van der Waals surface area contributed by atoms with Gasteiger partial charge >= 0.3 is 0 Å². The Morgan fingerprint density at radius 2 is 1.43 bits per heavy atom. The molecule has 214 valence electrons. The van der Waals surface area contributed by atoms with Crippen LogP contribution in [-0.4, -0.2) is 0 Å². The van der Waals surface area contributed by atoms with E-state index in [1.165, 1.54) is 61.6 Å². The normalized spacial score (nSPS) is 15.3. The summed E-state index contributed by atoms with van der Waals surface area (Å²) in [7, 11) is 0. The Labute approximate surface area is 253 Å². The molecule has 42 heavy (non-hydrogen) atoms. The van der Waals surface area contributed by atoms with Crippen LogP contribution in [0.15, 0.2) is 132 Å². The van der Waals surface area contributed by atoms with E-state index in [1.807, 2.05) is 0 Å². The first-order valence-electron chi connectivity index (χ1n) is 15.5. The number of allylic oxidation sites excluding steroid dienone is 5. The summed E-state index contributed by atoms with van der Waals surface area (Å²) in [6.07, 6.45) is 9.02. The van der Waals surface area contributed by atoms with E-state index in [4.69, 9.17) is 0 Å². The maximum atomic E-state index is 2.50. The summed E-state index contributed by atoms with van der Waals surface area (Å²) in [5.41, 5.74) is 14.2.